The van der Waals surface area contributed by atoms with Gasteiger partial charge < -0.3 is 4.57 Å². The number of aryl methyl sites for hydroxylation is 1. The summed E-state index contributed by atoms with van der Waals surface area (Å²) >= 11 is 1.39. The molecule has 3 nitrogen and oxygen atoms in total. The summed E-state index contributed by atoms with van der Waals surface area (Å²) in [7, 11) is 0. The van der Waals surface area contributed by atoms with Gasteiger partial charge in [0.15, 0.2) is 4.80 Å². The molecule has 0 spiro atoms. The molecule has 1 aromatic heterocycles. The first-order valence-corrected chi connectivity index (χ1v) is 4.12. The van der Waals surface area contributed by atoms with Crippen molar-refractivity contribution in [2.45, 2.75) is 20.4 Å². The molecule has 0 aliphatic carbocycles. The molecule has 0 saturated carbocycles. The molecule has 5 heteroatoms. The first-order chi connectivity index (χ1) is 5.09. The Morgan fingerprint density at radius 1 is 1.75 bits per heavy atom. The number of aromatic nitrogens is 1. The highest BCUT2D eigenvalue weighted by atomic mass is 79.9. The lowest BCUT2D eigenvalue weighted by Crippen LogP contribution is -2.16. The second-order valence-corrected chi connectivity index (χ2v) is 3.71. The number of hydrogen-bond donors (Lipinski definition) is 1. The van der Waals surface area contributed by atoms with Gasteiger partial charge in [-0.1, -0.05) is 0 Å². The Morgan fingerprint density at radius 2 is 2.33 bits per heavy atom. The van der Waals surface area contributed by atoms with E-state index in [-0.39, 0.29) is 22.8 Å². The van der Waals surface area contributed by atoms with Gasteiger partial charge in [0, 0.05) is 11.1 Å². The van der Waals surface area contributed by atoms with Crippen LogP contribution in [0.25, 0.3) is 0 Å². The highest BCUT2D eigenvalue weighted by molar-refractivity contribution is 8.93. The molecule has 0 saturated heterocycles. The molecule has 1 rings (SSSR count). The van der Waals surface area contributed by atoms with Gasteiger partial charge in [-0.15, -0.1) is 28.3 Å². The zero-order valence-electron chi connectivity index (χ0n) is 6.96. The van der Waals surface area contributed by atoms with Crippen molar-refractivity contribution in [2.24, 2.45) is 0 Å². The number of halogens is 1. The molecular weight excluding hydrogens is 240 g/mol. The topological polar surface area (TPSA) is 45.9 Å². The van der Waals surface area contributed by atoms with Gasteiger partial charge in [-0.3, -0.25) is 10.2 Å². The molecule has 0 unspecified atom stereocenters. The lowest BCUT2D eigenvalue weighted by atomic mass is 10.4. The molecule has 0 aliphatic heterocycles. The van der Waals surface area contributed by atoms with Crippen molar-refractivity contribution in [2.75, 3.05) is 0 Å². The Morgan fingerprint density at radius 3 is 2.67 bits per heavy atom. The third-order valence-electron chi connectivity index (χ3n) is 1.25. The summed E-state index contributed by atoms with van der Waals surface area (Å²) in [6, 6.07) is 0. The fraction of sp³-hybridized carbons (Fsp3) is 0.429. The Bertz CT molecular complexity index is 328. The van der Waals surface area contributed by atoms with Crippen molar-refractivity contribution >= 4 is 34.1 Å². The Hall–Kier alpha value is -0.420. The molecule has 0 radical (unpaired) electrons. The smallest absolute Gasteiger partial charge is 0.182 e. The standard InChI is InChI=1S/C7H10N2OS.BrH/c1-5(10)3-9-4-6(2)11-7(9)8;/h4,8H,3H2,1-2H3;1H. The monoisotopic (exact) mass is 250 g/mol. The Kier molecular flexibility index (Phi) is 4.41. The molecule has 0 fully saturated rings. The molecule has 0 aromatic carbocycles. The Balaban J connectivity index is 0.00000121. The zero-order chi connectivity index (χ0) is 8.43. The van der Waals surface area contributed by atoms with E-state index < -0.39 is 0 Å². The molecule has 1 aromatic rings. The fourth-order valence-electron chi connectivity index (χ4n) is 0.873. The van der Waals surface area contributed by atoms with Crippen LogP contribution in [-0.2, 0) is 11.3 Å². The van der Waals surface area contributed by atoms with Crippen LogP contribution in [0.15, 0.2) is 6.20 Å². The molecule has 1 heterocycles. The van der Waals surface area contributed by atoms with Crippen LogP contribution in [0, 0.1) is 12.3 Å². The van der Waals surface area contributed by atoms with Crippen molar-refractivity contribution in [1.82, 2.24) is 4.57 Å². The number of nitrogens with one attached hydrogen (secondary N) is 1. The van der Waals surface area contributed by atoms with Crippen LogP contribution in [0.2, 0.25) is 0 Å². The van der Waals surface area contributed by atoms with E-state index in [1.807, 2.05) is 13.1 Å². The molecular formula is C7H11BrN2OS. The van der Waals surface area contributed by atoms with Crippen molar-refractivity contribution < 1.29 is 4.79 Å². The van der Waals surface area contributed by atoms with Crippen LogP contribution in [0.1, 0.15) is 11.8 Å². The average molecular weight is 251 g/mol. The molecule has 1 N–H and O–H groups in total. The van der Waals surface area contributed by atoms with Gasteiger partial charge in [-0.05, 0) is 13.8 Å². The normalized spacial score (nSPS) is 9.17. The summed E-state index contributed by atoms with van der Waals surface area (Å²) in [6.45, 7) is 3.78. The third kappa shape index (κ3) is 2.91. The highest BCUT2D eigenvalue weighted by Gasteiger charge is 1.99. The van der Waals surface area contributed by atoms with Crippen LogP contribution < -0.4 is 4.80 Å². The van der Waals surface area contributed by atoms with Crippen LogP contribution in [0.4, 0.5) is 0 Å². The number of Topliss-reactive ketones (excluding diaryl/α,β-unsaturated/α-hetero) is 1. The van der Waals surface area contributed by atoms with Gasteiger partial charge >= 0.3 is 0 Å². The predicted molar refractivity (Wildman–Crippen MR) is 53.9 cm³/mol. The highest BCUT2D eigenvalue weighted by Crippen LogP contribution is 1.99. The SMILES string of the molecule is Br.CC(=O)Cn1cc(C)sc1=N. The fourth-order valence-corrected chi connectivity index (χ4v) is 1.59. The maximum absolute atomic E-state index is 10.7. The molecule has 0 atom stereocenters. The lowest BCUT2D eigenvalue weighted by Gasteiger charge is -1.94. The number of nitrogens with zero attached hydrogens (tertiary/aromatic N) is 1. The van der Waals surface area contributed by atoms with E-state index >= 15 is 0 Å². The summed E-state index contributed by atoms with van der Waals surface area (Å²) in [5.41, 5.74) is 0. The van der Waals surface area contributed by atoms with E-state index in [9.17, 15) is 4.79 Å². The van der Waals surface area contributed by atoms with E-state index in [0.717, 1.165) is 4.88 Å². The van der Waals surface area contributed by atoms with E-state index in [4.69, 9.17) is 5.41 Å². The molecule has 0 bridgehead atoms. The minimum Gasteiger partial charge on any atom is -0.316 e. The van der Waals surface area contributed by atoms with Crippen molar-refractivity contribution in [3.63, 3.8) is 0 Å². The van der Waals surface area contributed by atoms with Gasteiger partial charge in [0.1, 0.15) is 5.78 Å². The largest absolute Gasteiger partial charge is 0.316 e. The first kappa shape index (κ1) is 11.6. The summed E-state index contributed by atoms with van der Waals surface area (Å²) in [4.78, 5) is 12.2. The zero-order valence-corrected chi connectivity index (χ0v) is 9.49. The minimum absolute atomic E-state index is 0. The maximum Gasteiger partial charge on any atom is 0.182 e. The molecule has 68 valence electrons. The number of carbonyl (C=O) groups is 1. The summed E-state index contributed by atoms with van der Waals surface area (Å²) in [5.74, 6) is 0.0845. The maximum atomic E-state index is 10.7. The average Bonchev–Trinajstić information content (AvgIpc) is 2.09. The molecule has 0 amide bonds. The second-order valence-electron chi connectivity index (χ2n) is 2.48. The lowest BCUT2D eigenvalue weighted by molar-refractivity contribution is -0.117. The first-order valence-electron chi connectivity index (χ1n) is 3.30. The Labute approximate surface area is 85.3 Å². The molecule has 12 heavy (non-hydrogen) atoms. The number of rotatable bonds is 2. The number of hydrogen-bond acceptors (Lipinski definition) is 3. The van der Waals surface area contributed by atoms with E-state index in [0.29, 0.717) is 11.3 Å². The van der Waals surface area contributed by atoms with Crippen LogP contribution in [0.5, 0.6) is 0 Å². The van der Waals surface area contributed by atoms with Crippen molar-refractivity contribution in [1.29, 1.82) is 5.41 Å². The van der Waals surface area contributed by atoms with Crippen LogP contribution >= 0.6 is 28.3 Å². The van der Waals surface area contributed by atoms with Gasteiger partial charge in [0.2, 0.25) is 0 Å². The second kappa shape index (κ2) is 4.57. The quantitative estimate of drug-likeness (QED) is 0.850. The van der Waals surface area contributed by atoms with Gasteiger partial charge in [-0.2, -0.15) is 0 Å². The van der Waals surface area contributed by atoms with Gasteiger partial charge in [0.05, 0.1) is 6.54 Å². The summed E-state index contributed by atoms with van der Waals surface area (Å²) < 4.78 is 1.66. The van der Waals surface area contributed by atoms with Gasteiger partial charge in [-0.25, -0.2) is 0 Å². The van der Waals surface area contributed by atoms with E-state index in [1.165, 1.54) is 18.3 Å². The van der Waals surface area contributed by atoms with Gasteiger partial charge in [0.25, 0.3) is 0 Å². The van der Waals surface area contributed by atoms with Crippen molar-refractivity contribution in [3.8, 4) is 0 Å². The number of ketones is 1. The van der Waals surface area contributed by atoms with Crippen LogP contribution in [-0.4, -0.2) is 10.4 Å². The van der Waals surface area contributed by atoms with E-state index in [2.05, 4.69) is 0 Å². The van der Waals surface area contributed by atoms with Crippen LogP contribution in [0.3, 0.4) is 0 Å². The summed E-state index contributed by atoms with van der Waals surface area (Å²) in [5, 5.41) is 7.41. The molecule has 0 aliphatic rings. The van der Waals surface area contributed by atoms with E-state index in [1.54, 1.807) is 4.57 Å². The number of thiazole rings is 1. The summed E-state index contributed by atoms with van der Waals surface area (Å²) in [6.07, 6.45) is 1.83. The third-order valence-corrected chi connectivity index (χ3v) is 2.10. The predicted octanol–water partition coefficient (Wildman–Crippen LogP) is 1.50. The minimum atomic E-state index is 0. The number of carbonyl (C=O) groups excluding carboxylic acids is 1. The van der Waals surface area contributed by atoms with Crippen molar-refractivity contribution in [3.05, 3.63) is 15.9 Å².